The molecular weight excluding hydrogens is 262 g/mol. The quantitative estimate of drug-likeness (QED) is 0.752. The smallest absolute Gasteiger partial charge is 0.185 e. The van der Waals surface area contributed by atoms with Crippen LogP contribution in [0.4, 0.5) is 5.13 Å². The lowest BCUT2D eigenvalue weighted by molar-refractivity contribution is 0.171. The summed E-state index contributed by atoms with van der Waals surface area (Å²) in [4.78, 5) is 8.02. The van der Waals surface area contributed by atoms with E-state index in [4.69, 9.17) is 9.47 Å². The SMILES string of the molecule is CNC(C)c1cnc(N(CCOC)C(C)COC)s1. The number of methoxy groups -OCH3 is 2. The third-order valence-corrected chi connectivity index (χ3v) is 4.31. The molecule has 0 fully saturated rings. The molecule has 0 saturated heterocycles. The molecule has 0 aliphatic rings. The summed E-state index contributed by atoms with van der Waals surface area (Å²) >= 11 is 1.72. The third-order valence-electron chi connectivity index (χ3n) is 3.09. The fourth-order valence-electron chi connectivity index (χ4n) is 1.78. The summed E-state index contributed by atoms with van der Waals surface area (Å²) in [5.41, 5.74) is 0. The summed E-state index contributed by atoms with van der Waals surface area (Å²) in [5, 5.41) is 4.26. The monoisotopic (exact) mass is 287 g/mol. The van der Waals surface area contributed by atoms with Crippen molar-refractivity contribution in [2.45, 2.75) is 25.9 Å². The zero-order valence-electron chi connectivity index (χ0n) is 12.5. The Kier molecular flexibility index (Phi) is 7.30. The van der Waals surface area contributed by atoms with Crippen molar-refractivity contribution in [1.29, 1.82) is 0 Å². The van der Waals surface area contributed by atoms with Crippen molar-refractivity contribution in [3.05, 3.63) is 11.1 Å². The van der Waals surface area contributed by atoms with Crippen molar-refractivity contribution in [2.24, 2.45) is 0 Å². The Bertz CT molecular complexity index is 359. The second-order valence-electron chi connectivity index (χ2n) is 4.55. The van der Waals surface area contributed by atoms with Crippen LogP contribution < -0.4 is 10.2 Å². The third kappa shape index (κ3) is 4.72. The summed E-state index contributed by atoms with van der Waals surface area (Å²) in [6.07, 6.45) is 1.94. The molecule has 0 aliphatic carbocycles. The summed E-state index contributed by atoms with van der Waals surface area (Å²) in [6, 6.07) is 0.609. The predicted octanol–water partition coefficient (Wildman–Crippen LogP) is 1.91. The molecule has 1 heterocycles. The minimum absolute atomic E-state index is 0.282. The average molecular weight is 287 g/mol. The molecule has 2 unspecified atom stereocenters. The number of thiazole rings is 1. The second-order valence-corrected chi connectivity index (χ2v) is 5.59. The van der Waals surface area contributed by atoms with Crippen molar-refractivity contribution in [3.8, 4) is 0 Å². The lowest BCUT2D eigenvalue weighted by Gasteiger charge is -2.28. The molecular formula is C13H25N3O2S. The molecule has 110 valence electrons. The van der Waals surface area contributed by atoms with Crippen LogP contribution in [0.15, 0.2) is 6.20 Å². The molecule has 0 saturated carbocycles. The van der Waals surface area contributed by atoms with E-state index in [1.807, 2.05) is 13.2 Å². The average Bonchev–Trinajstić information content (AvgIpc) is 2.88. The highest BCUT2D eigenvalue weighted by Gasteiger charge is 2.18. The van der Waals surface area contributed by atoms with E-state index in [0.717, 1.165) is 11.7 Å². The molecule has 0 radical (unpaired) electrons. The van der Waals surface area contributed by atoms with Gasteiger partial charge in [-0.15, -0.1) is 11.3 Å². The van der Waals surface area contributed by atoms with Gasteiger partial charge in [-0.2, -0.15) is 0 Å². The maximum absolute atomic E-state index is 5.24. The van der Waals surface area contributed by atoms with E-state index in [1.165, 1.54) is 4.88 Å². The molecule has 1 aromatic heterocycles. The van der Waals surface area contributed by atoms with Crippen molar-refractivity contribution >= 4 is 16.5 Å². The molecule has 6 heteroatoms. The van der Waals surface area contributed by atoms with Crippen LogP contribution in [0, 0.1) is 0 Å². The predicted molar refractivity (Wildman–Crippen MR) is 80.1 cm³/mol. The van der Waals surface area contributed by atoms with E-state index < -0.39 is 0 Å². The molecule has 1 aromatic rings. The van der Waals surface area contributed by atoms with Crippen molar-refractivity contribution in [1.82, 2.24) is 10.3 Å². The molecule has 0 spiro atoms. The first-order valence-corrected chi connectivity index (χ1v) is 7.33. The number of nitrogens with one attached hydrogen (secondary N) is 1. The molecule has 1 rings (SSSR count). The molecule has 0 amide bonds. The number of ether oxygens (including phenoxy) is 2. The minimum Gasteiger partial charge on any atom is -0.383 e. The van der Waals surface area contributed by atoms with E-state index in [2.05, 4.69) is 29.0 Å². The van der Waals surface area contributed by atoms with Gasteiger partial charge in [-0.25, -0.2) is 4.98 Å². The molecule has 19 heavy (non-hydrogen) atoms. The van der Waals surface area contributed by atoms with Gasteiger partial charge in [0.25, 0.3) is 0 Å². The minimum atomic E-state index is 0.282. The van der Waals surface area contributed by atoms with Crippen LogP contribution in [-0.4, -0.2) is 52.1 Å². The van der Waals surface area contributed by atoms with E-state index >= 15 is 0 Å². The molecule has 1 N–H and O–H groups in total. The zero-order valence-corrected chi connectivity index (χ0v) is 13.3. The fourth-order valence-corrected chi connectivity index (χ4v) is 2.88. The van der Waals surface area contributed by atoms with Crippen LogP contribution in [0.3, 0.4) is 0 Å². The molecule has 0 aromatic carbocycles. The number of anilines is 1. The van der Waals surface area contributed by atoms with Crippen LogP contribution in [0.1, 0.15) is 24.8 Å². The molecule has 5 nitrogen and oxygen atoms in total. The first-order chi connectivity index (χ1) is 9.13. The number of nitrogens with zero attached hydrogens (tertiary/aromatic N) is 2. The Morgan fingerprint density at radius 2 is 2.11 bits per heavy atom. The first kappa shape index (κ1) is 16.4. The number of rotatable bonds is 9. The number of hydrogen-bond acceptors (Lipinski definition) is 6. The van der Waals surface area contributed by atoms with E-state index in [9.17, 15) is 0 Å². The van der Waals surface area contributed by atoms with Crippen LogP contribution in [-0.2, 0) is 9.47 Å². The van der Waals surface area contributed by atoms with Gasteiger partial charge in [0.15, 0.2) is 5.13 Å². The van der Waals surface area contributed by atoms with Crippen LogP contribution in [0.5, 0.6) is 0 Å². The summed E-state index contributed by atoms with van der Waals surface area (Å²) in [7, 11) is 5.40. The normalized spacial score (nSPS) is 14.4. The Morgan fingerprint density at radius 3 is 2.68 bits per heavy atom. The van der Waals surface area contributed by atoms with Crippen molar-refractivity contribution < 1.29 is 9.47 Å². The van der Waals surface area contributed by atoms with E-state index in [-0.39, 0.29) is 6.04 Å². The lowest BCUT2D eigenvalue weighted by Crippen LogP contribution is -2.38. The standard InChI is InChI=1S/C13H25N3O2S/c1-10(9-18-5)16(6-7-17-4)13-15-8-12(19-13)11(2)14-3/h8,10-11,14H,6-7,9H2,1-5H3. The van der Waals surface area contributed by atoms with Gasteiger partial charge in [-0.3, -0.25) is 0 Å². The number of aromatic nitrogens is 1. The fraction of sp³-hybridized carbons (Fsp3) is 0.769. The van der Waals surface area contributed by atoms with Gasteiger partial charge in [0.1, 0.15) is 0 Å². The van der Waals surface area contributed by atoms with Gasteiger partial charge in [-0.05, 0) is 20.9 Å². The zero-order chi connectivity index (χ0) is 14.3. The highest BCUT2D eigenvalue weighted by atomic mass is 32.1. The Morgan fingerprint density at radius 1 is 1.37 bits per heavy atom. The van der Waals surface area contributed by atoms with Gasteiger partial charge in [0, 0.05) is 37.9 Å². The van der Waals surface area contributed by atoms with E-state index in [1.54, 1.807) is 25.6 Å². The van der Waals surface area contributed by atoms with Crippen LogP contribution in [0.2, 0.25) is 0 Å². The largest absolute Gasteiger partial charge is 0.383 e. The highest BCUT2D eigenvalue weighted by molar-refractivity contribution is 7.15. The summed E-state index contributed by atoms with van der Waals surface area (Å²) in [6.45, 7) is 6.46. The van der Waals surface area contributed by atoms with Gasteiger partial charge in [0.05, 0.1) is 19.3 Å². The van der Waals surface area contributed by atoms with Gasteiger partial charge in [0.2, 0.25) is 0 Å². The number of hydrogen-bond donors (Lipinski definition) is 1. The molecule has 0 bridgehead atoms. The maximum Gasteiger partial charge on any atom is 0.185 e. The lowest BCUT2D eigenvalue weighted by atomic mass is 10.3. The van der Waals surface area contributed by atoms with Gasteiger partial charge < -0.3 is 19.7 Å². The highest BCUT2D eigenvalue weighted by Crippen LogP contribution is 2.28. The van der Waals surface area contributed by atoms with E-state index in [0.29, 0.717) is 19.3 Å². The first-order valence-electron chi connectivity index (χ1n) is 6.51. The Labute approximate surface area is 119 Å². The summed E-state index contributed by atoms with van der Waals surface area (Å²) in [5.74, 6) is 0. The Hall–Kier alpha value is -0.690. The van der Waals surface area contributed by atoms with Crippen LogP contribution >= 0.6 is 11.3 Å². The molecule has 2 atom stereocenters. The Balaban J connectivity index is 2.81. The maximum atomic E-state index is 5.24. The van der Waals surface area contributed by atoms with Gasteiger partial charge >= 0.3 is 0 Å². The van der Waals surface area contributed by atoms with Gasteiger partial charge in [-0.1, -0.05) is 0 Å². The topological polar surface area (TPSA) is 46.6 Å². The van der Waals surface area contributed by atoms with Crippen molar-refractivity contribution in [3.63, 3.8) is 0 Å². The van der Waals surface area contributed by atoms with Crippen molar-refractivity contribution in [2.75, 3.05) is 45.9 Å². The summed E-state index contributed by atoms with van der Waals surface area (Å²) < 4.78 is 10.4. The molecule has 0 aliphatic heterocycles. The second kappa shape index (κ2) is 8.47. The van der Waals surface area contributed by atoms with Crippen LogP contribution in [0.25, 0.3) is 0 Å².